The van der Waals surface area contributed by atoms with Crippen LogP contribution in [0.2, 0.25) is 0 Å². The number of carbonyl (C=O) groups excluding carboxylic acids is 1. The van der Waals surface area contributed by atoms with Gasteiger partial charge in [0.2, 0.25) is 5.91 Å². The van der Waals surface area contributed by atoms with Crippen molar-refractivity contribution in [1.29, 1.82) is 0 Å². The van der Waals surface area contributed by atoms with E-state index in [-0.39, 0.29) is 18.1 Å². The number of carbonyl (C=O) groups is 1. The third-order valence-electron chi connectivity index (χ3n) is 3.44. The van der Waals surface area contributed by atoms with Gasteiger partial charge in [-0.05, 0) is 30.9 Å². The Balaban J connectivity index is 1.75. The molecule has 1 heterocycles. The Bertz CT molecular complexity index is 381. The molecular weight excluding hydrogens is 228 g/mol. The van der Waals surface area contributed by atoms with Gasteiger partial charge in [0.25, 0.3) is 0 Å². The fraction of sp³-hybridized carbons (Fsp3) is 0.571. The molecule has 2 rings (SSSR count). The molecule has 0 aliphatic heterocycles. The Kier molecular flexibility index (Phi) is 4.70. The fourth-order valence-corrected chi connectivity index (χ4v) is 2.36. The van der Waals surface area contributed by atoms with Gasteiger partial charge in [0, 0.05) is 18.8 Å². The zero-order chi connectivity index (χ0) is 12.8. The number of aryl methyl sites for hydroxylation is 1. The van der Waals surface area contributed by atoms with Crippen LogP contribution in [-0.4, -0.2) is 28.1 Å². The van der Waals surface area contributed by atoms with Gasteiger partial charge in [-0.15, -0.1) is 0 Å². The summed E-state index contributed by atoms with van der Waals surface area (Å²) in [6.45, 7) is 0. The molecule has 1 aromatic rings. The standard InChI is InChI=1S/C14H20N2O2/c17-13-6-2-1-5-12(13)16-14(18)8-7-11-4-3-9-15-10-11/h3-4,9-10,12-13,17H,1-2,5-8H2,(H,16,18)/t12-,13-/m1/s1. The van der Waals surface area contributed by atoms with Crippen LogP contribution in [0.15, 0.2) is 24.5 Å². The summed E-state index contributed by atoms with van der Waals surface area (Å²) in [4.78, 5) is 15.8. The SMILES string of the molecule is O=C(CCc1cccnc1)N[C@@H]1CCCC[C@H]1O. The van der Waals surface area contributed by atoms with Crippen molar-refractivity contribution < 1.29 is 9.90 Å². The topological polar surface area (TPSA) is 62.2 Å². The lowest BCUT2D eigenvalue weighted by molar-refractivity contribution is -0.123. The van der Waals surface area contributed by atoms with Gasteiger partial charge in [-0.1, -0.05) is 18.9 Å². The molecule has 18 heavy (non-hydrogen) atoms. The Hall–Kier alpha value is -1.42. The fourth-order valence-electron chi connectivity index (χ4n) is 2.36. The Labute approximate surface area is 107 Å². The smallest absolute Gasteiger partial charge is 0.220 e. The number of aliphatic hydroxyl groups excluding tert-OH is 1. The zero-order valence-corrected chi connectivity index (χ0v) is 10.5. The Morgan fingerprint density at radius 2 is 2.28 bits per heavy atom. The van der Waals surface area contributed by atoms with Gasteiger partial charge in [0.05, 0.1) is 12.1 Å². The number of hydrogen-bond donors (Lipinski definition) is 2. The minimum Gasteiger partial charge on any atom is -0.391 e. The molecule has 1 fully saturated rings. The summed E-state index contributed by atoms with van der Waals surface area (Å²) in [7, 11) is 0. The Morgan fingerprint density at radius 3 is 3.00 bits per heavy atom. The maximum absolute atomic E-state index is 11.8. The predicted octanol–water partition coefficient (Wildman–Crippen LogP) is 1.43. The number of amides is 1. The van der Waals surface area contributed by atoms with Gasteiger partial charge >= 0.3 is 0 Å². The van der Waals surface area contributed by atoms with Crippen LogP contribution in [0.5, 0.6) is 0 Å². The third kappa shape index (κ3) is 3.81. The second-order valence-corrected chi connectivity index (χ2v) is 4.89. The molecule has 1 aliphatic rings. The molecule has 4 nitrogen and oxygen atoms in total. The summed E-state index contributed by atoms with van der Waals surface area (Å²) in [6.07, 6.45) is 8.12. The highest BCUT2D eigenvalue weighted by Gasteiger charge is 2.24. The van der Waals surface area contributed by atoms with Gasteiger partial charge in [0.1, 0.15) is 0 Å². The van der Waals surface area contributed by atoms with Gasteiger partial charge in [0.15, 0.2) is 0 Å². The van der Waals surface area contributed by atoms with Gasteiger partial charge in [-0.2, -0.15) is 0 Å². The van der Waals surface area contributed by atoms with E-state index in [2.05, 4.69) is 10.3 Å². The number of nitrogens with one attached hydrogen (secondary N) is 1. The van der Waals surface area contributed by atoms with E-state index in [9.17, 15) is 9.90 Å². The van der Waals surface area contributed by atoms with E-state index < -0.39 is 0 Å². The van der Waals surface area contributed by atoms with Gasteiger partial charge in [-0.25, -0.2) is 0 Å². The van der Waals surface area contributed by atoms with E-state index in [1.54, 1.807) is 12.4 Å². The molecule has 0 bridgehead atoms. The second-order valence-electron chi connectivity index (χ2n) is 4.89. The lowest BCUT2D eigenvalue weighted by atomic mass is 9.92. The number of hydrogen-bond acceptors (Lipinski definition) is 3. The minimum atomic E-state index is -0.374. The third-order valence-corrected chi connectivity index (χ3v) is 3.44. The lowest BCUT2D eigenvalue weighted by Crippen LogP contribution is -2.45. The summed E-state index contributed by atoms with van der Waals surface area (Å²) in [5, 5.41) is 12.7. The molecule has 98 valence electrons. The molecule has 2 N–H and O–H groups in total. The van der Waals surface area contributed by atoms with Crippen LogP contribution in [0.1, 0.15) is 37.7 Å². The molecule has 0 aromatic carbocycles. The first-order chi connectivity index (χ1) is 8.75. The normalized spacial score (nSPS) is 23.6. The maximum atomic E-state index is 11.8. The van der Waals surface area contributed by atoms with Crippen LogP contribution < -0.4 is 5.32 Å². The van der Waals surface area contributed by atoms with E-state index in [1.807, 2.05) is 12.1 Å². The summed E-state index contributed by atoms with van der Waals surface area (Å²) < 4.78 is 0. The molecule has 0 saturated heterocycles. The quantitative estimate of drug-likeness (QED) is 0.847. The molecule has 1 saturated carbocycles. The molecule has 4 heteroatoms. The number of aromatic nitrogens is 1. The first-order valence-corrected chi connectivity index (χ1v) is 6.62. The van der Waals surface area contributed by atoms with Crippen LogP contribution in [0.3, 0.4) is 0 Å². The first kappa shape index (κ1) is 13.0. The molecule has 1 aliphatic carbocycles. The molecular formula is C14H20N2O2. The molecule has 1 aromatic heterocycles. The average molecular weight is 248 g/mol. The summed E-state index contributed by atoms with van der Waals surface area (Å²) in [5.74, 6) is 0.0183. The molecule has 1 amide bonds. The molecule has 2 atom stereocenters. The predicted molar refractivity (Wildman–Crippen MR) is 69.0 cm³/mol. The van der Waals surface area contributed by atoms with Crippen LogP contribution in [0.4, 0.5) is 0 Å². The lowest BCUT2D eigenvalue weighted by Gasteiger charge is -2.28. The highest BCUT2D eigenvalue weighted by atomic mass is 16.3. The molecule has 0 spiro atoms. The van der Waals surface area contributed by atoms with Crippen molar-refractivity contribution in [1.82, 2.24) is 10.3 Å². The second kappa shape index (κ2) is 6.50. The van der Waals surface area contributed by atoms with E-state index in [4.69, 9.17) is 0 Å². The van der Waals surface area contributed by atoms with Crippen molar-refractivity contribution in [3.8, 4) is 0 Å². The van der Waals surface area contributed by atoms with Gasteiger partial charge < -0.3 is 10.4 Å². The minimum absolute atomic E-state index is 0.0183. The zero-order valence-electron chi connectivity index (χ0n) is 10.5. The largest absolute Gasteiger partial charge is 0.391 e. The van der Waals surface area contributed by atoms with E-state index in [1.165, 1.54) is 0 Å². The summed E-state index contributed by atoms with van der Waals surface area (Å²) in [6, 6.07) is 3.79. The van der Waals surface area contributed by atoms with Crippen molar-refractivity contribution in [3.63, 3.8) is 0 Å². The number of aliphatic hydroxyl groups is 1. The number of rotatable bonds is 4. The first-order valence-electron chi connectivity index (χ1n) is 6.62. The van der Waals surface area contributed by atoms with E-state index in [0.717, 1.165) is 31.2 Å². The average Bonchev–Trinajstić information content (AvgIpc) is 2.40. The van der Waals surface area contributed by atoms with E-state index in [0.29, 0.717) is 12.8 Å². The molecule has 0 radical (unpaired) electrons. The van der Waals surface area contributed by atoms with Crippen molar-refractivity contribution >= 4 is 5.91 Å². The van der Waals surface area contributed by atoms with Crippen molar-refractivity contribution in [2.75, 3.05) is 0 Å². The number of pyridine rings is 1. The van der Waals surface area contributed by atoms with Crippen LogP contribution >= 0.6 is 0 Å². The summed E-state index contributed by atoms with van der Waals surface area (Å²) in [5.41, 5.74) is 1.07. The van der Waals surface area contributed by atoms with Crippen molar-refractivity contribution in [2.45, 2.75) is 50.7 Å². The highest BCUT2D eigenvalue weighted by Crippen LogP contribution is 2.18. The van der Waals surface area contributed by atoms with Crippen LogP contribution in [0.25, 0.3) is 0 Å². The van der Waals surface area contributed by atoms with Crippen LogP contribution in [-0.2, 0) is 11.2 Å². The van der Waals surface area contributed by atoms with Crippen molar-refractivity contribution in [3.05, 3.63) is 30.1 Å². The van der Waals surface area contributed by atoms with E-state index >= 15 is 0 Å². The van der Waals surface area contributed by atoms with Gasteiger partial charge in [-0.3, -0.25) is 9.78 Å². The Morgan fingerprint density at radius 1 is 1.44 bits per heavy atom. The highest BCUT2D eigenvalue weighted by molar-refractivity contribution is 5.76. The molecule has 0 unspecified atom stereocenters. The van der Waals surface area contributed by atoms with Crippen LogP contribution in [0, 0.1) is 0 Å². The monoisotopic (exact) mass is 248 g/mol. The summed E-state index contributed by atoms with van der Waals surface area (Å²) >= 11 is 0. The van der Waals surface area contributed by atoms with Crippen molar-refractivity contribution in [2.24, 2.45) is 0 Å². The maximum Gasteiger partial charge on any atom is 0.220 e. The number of nitrogens with zero attached hydrogens (tertiary/aromatic N) is 1.